The van der Waals surface area contributed by atoms with E-state index in [4.69, 9.17) is 42.1 Å². The fourth-order valence-corrected chi connectivity index (χ4v) is 19.3. The summed E-state index contributed by atoms with van der Waals surface area (Å²) in [4.78, 5) is 0.169. The number of aryl methyl sites for hydroxylation is 1. The first-order chi connectivity index (χ1) is 61.7. The van der Waals surface area contributed by atoms with E-state index in [-0.39, 0.29) is 199 Å². The van der Waals surface area contributed by atoms with E-state index in [1.165, 1.54) is 83.5 Å². The van der Waals surface area contributed by atoms with Crippen LogP contribution in [0, 0.1) is 29.2 Å². The van der Waals surface area contributed by atoms with Crippen LogP contribution in [0.25, 0.3) is 33.4 Å². The van der Waals surface area contributed by atoms with Crippen molar-refractivity contribution in [2.45, 2.75) is 153 Å². The molecular weight excluding hydrogens is 1760 g/mol. The normalized spacial score (nSPS) is 17.1. The number of hydrogen-bond acceptors (Lipinski definition) is 16. The maximum atomic E-state index is 12.3. The maximum absolute atomic E-state index is 12.3. The topological polar surface area (TPSA) is 234 Å². The van der Waals surface area contributed by atoms with Crippen LogP contribution >= 0.6 is 0 Å². The number of rotatable bonds is 19. The van der Waals surface area contributed by atoms with Crippen LogP contribution in [0.5, 0.6) is 28.7 Å². The van der Waals surface area contributed by atoms with Crippen molar-refractivity contribution in [3.8, 4) is 62.1 Å². The molecule has 0 amide bonds. The van der Waals surface area contributed by atoms with Crippen molar-refractivity contribution in [3.63, 3.8) is 0 Å². The minimum absolute atomic E-state index is 0. The average molecular weight is 1880 g/mol. The Balaban J connectivity index is 0.000000175. The fraction of sp³-hybridized carbons (Fsp3) is 0.310. The Labute approximate surface area is 913 Å². The van der Waals surface area contributed by atoms with Crippen molar-refractivity contribution in [1.82, 2.24) is 0 Å². The predicted octanol–water partition coefficient (Wildman–Crippen LogP) is 13.4. The van der Waals surface area contributed by atoms with E-state index in [9.17, 15) is 28.8 Å². The number of phenolic OH excluding ortho intramolecular Hbond substituents is 2. The number of ether oxygens (including phenoxy) is 8. The molecule has 133 heavy (non-hydrogen) atoms. The fourth-order valence-electron chi connectivity index (χ4n) is 18.3. The van der Waals surface area contributed by atoms with Crippen molar-refractivity contribution in [2.24, 2.45) is 16.2 Å². The number of phenols is 2. The van der Waals surface area contributed by atoms with Gasteiger partial charge in [0.15, 0.2) is 17.4 Å². The minimum atomic E-state index is -3.76. The Hall–Kier alpha value is -6.64. The molecule has 3 heterocycles. The third-order valence-electron chi connectivity index (χ3n) is 26.0. The molecular formula is C113H118K3O16S-. The second kappa shape index (κ2) is 44.7. The van der Waals surface area contributed by atoms with E-state index >= 15 is 0 Å². The predicted molar refractivity (Wildman–Crippen MR) is 506 cm³/mol. The van der Waals surface area contributed by atoms with Crippen molar-refractivity contribution >= 4 is 10.1 Å². The molecule has 0 radical (unpaired) electrons. The Kier molecular flexibility index (Phi) is 35.9. The molecule has 16 nitrogen and oxygen atoms in total. The summed E-state index contributed by atoms with van der Waals surface area (Å²) in [6.07, 6.45) is 2.54. The van der Waals surface area contributed by atoms with Gasteiger partial charge in [0.1, 0.15) is 23.0 Å². The molecule has 0 aromatic heterocycles. The summed E-state index contributed by atoms with van der Waals surface area (Å²) in [6.45, 7) is 29.1. The monoisotopic (exact) mass is 1880 g/mol. The van der Waals surface area contributed by atoms with E-state index in [1.807, 2.05) is 104 Å². The molecule has 13 aromatic carbocycles. The molecule has 3 aliphatic heterocycles. The van der Waals surface area contributed by atoms with E-state index < -0.39 is 54.7 Å². The van der Waals surface area contributed by atoms with Crippen LogP contribution in [0.3, 0.4) is 0 Å². The first-order valence-corrected chi connectivity index (χ1v) is 46.0. The van der Waals surface area contributed by atoms with E-state index in [2.05, 4.69) is 226 Å². The summed E-state index contributed by atoms with van der Waals surface area (Å²) in [5, 5.41) is 41.6. The van der Waals surface area contributed by atoms with Gasteiger partial charge in [0, 0.05) is 10.8 Å². The van der Waals surface area contributed by atoms with Crippen LogP contribution in [-0.4, -0.2) is 107 Å². The Morgan fingerprint density at radius 3 is 0.850 bits per heavy atom. The van der Waals surface area contributed by atoms with Crippen LogP contribution in [0.4, 0.5) is 0 Å². The summed E-state index contributed by atoms with van der Waals surface area (Å²) in [6, 6.07) is 109. The smallest absolute Gasteiger partial charge is 0.872 e. The van der Waals surface area contributed by atoms with Gasteiger partial charge in [0.05, 0.1) is 86.0 Å². The molecule has 3 N–H and O–H groups in total. The van der Waals surface area contributed by atoms with Crippen LogP contribution in [0.2, 0.25) is 0 Å². The quantitative estimate of drug-likeness (QED) is 0.0435. The molecule has 3 saturated heterocycles. The maximum Gasteiger partial charge on any atom is 1.00 e. The first-order valence-electron chi connectivity index (χ1n) is 44.6. The van der Waals surface area contributed by atoms with E-state index in [1.54, 1.807) is 81.4 Å². The molecule has 20 heteroatoms. The number of benzene rings is 13. The average Bonchev–Trinajstić information content (AvgIpc) is 1.55. The zero-order valence-corrected chi connectivity index (χ0v) is 89.8. The van der Waals surface area contributed by atoms with Gasteiger partial charge in [-0.05, 0) is 223 Å². The largest absolute Gasteiger partial charge is 1.00 e. The summed E-state index contributed by atoms with van der Waals surface area (Å²) in [7, 11) is -3.76. The molecule has 3 aliphatic carbocycles. The summed E-state index contributed by atoms with van der Waals surface area (Å²) >= 11 is 0. The van der Waals surface area contributed by atoms with Crippen molar-refractivity contribution in [3.05, 3.63) is 394 Å². The second-order valence-electron chi connectivity index (χ2n) is 37.2. The molecule has 0 bridgehead atoms. The summed E-state index contributed by atoms with van der Waals surface area (Å²) in [5.74, 6) is 0.465. The molecule has 0 unspecified atom stereocenters. The van der Waals surface area contributed by atoms with Gasteiger partial charge in [-0.15, -0.1) is 16.9 Å². The van der Waals surface area contributed by atoms with Gasteiger partial charge in [-0.1, -0.05) is 278 Å². The Bertz CT molecular complexity index is 5840. The molecule has 6 aliphatic rings. The molecule has 0 spiro atoms. The molecule has 0 saturated carbocycles. The van der Waals surface area contributed by atoms with Crippen LogP contribution in [0.1, 0.15) is 175 Å². The number of hydrogen-bond donors (Lipinski definition) is 2. The zero-order chi connectivity index (χ0) is 91.3. The molecule has 676 valence electrons. The van der Waals surface area contributed by atoms with Gasteiger partial charge in [-0.3, -0.25) is 4.18 Å². The van der Waals surface area contributed by atoms with Crippen LogP contribution < -0.4 is 174 Å². The standard InChI is InChI=1S/C43H50O6.C25H18O2.C25H17O.C16H24O5S.C4H9O.3K.H2O/c1-7-41(27-46-39(3,4)47-28-41)25-44-33-21-17-31(18-22-33)43(37-15-11-9-13-35(37)36-14-10-12-16-38(36)43)32-19-23-34(24-20-32)45-26-42(8-2)29-48-40(5,6)49-30-42;26-19-13-9-17(10-14-19)25(18-11-15-20(27)16-12-18)23-7-3-1-5-21(23)22-6-2-4-8-24(22)25;26-20-16-14-19(15-17-20)25(18-8-2-1-3-9-18)23-12-6-4-10-21(23)22-11-5-7-13-24(22)25;1-5-16(10-19-15(3,4)20-11-16)12-21-22(17,18)14-8-6-13(2)7-9-14;1-4(2,3)5;;;;/h9-24H,7-8,25-30H2,1-6H3;1-16,26-27H;2-17,26H;6-9H,5,10-12H2,1-4H3;1-3H3;;;;1H2/q;;-1;;-1;3*+1;/p-2. The third-order valence-corrected chi connectivity index (χ3v) is 27.3. The SMILES string of the molecule is CC(C)(C)[O-].CCC1(COS(=O)(=O)c2ccc(C)cc2)COC(C)(C)OC1.CCC1(COc2ccc(C3(c4ccc(OCC5(CC)COC(C)(C)OC5)cc4)c4ccccc4-c4ccccc43)cc2)COC(C)(C)OC1.Oc1ccc(C2(c3ccc(O)cc3)c3ccccc3-c3ccccc32)cc1.[K+].[K+].[K+].[O-]c1ccc(C2(c3cc[c-]cc3)c3ccccc3-c3ccccc32)cc1.[OH-]. The van der Waals surface area contributed by atoms with Crippen LogP contribution in [-0.2, 0) is 59.0 Å². The van der Waals surface area contributed by atoms with E-state index in [0.29, 0.717) is 59.3 Å². The van der Waals surface area contributed by atoms with Gasteiger partial charge in [-0.2, -0.15) is 38.7 Å². The van der Waals surface area contributed by atoms with Crippen molar-refractivity contribution in [2.75, 3.05) is 59.5 Å². The number of fused-ring (bicyclic) bond motifs is 9. The summed E-state index contributed by atoms with van der Waals surface area (Å²) < 4.78 is 78.1. The van der Waals surface area contributed by atoms with Gasteiger partial charge < -0.3 is 63.8 Å². The Morgan fingerprint density at radius 1 is 0.353 bits per heavy atom. The molecule has 13 aromatic rings. The van der Waals surface area contributed by atoms with Gasteiger partial charge in [0.2, 0.25) is 0 Å². The van der Waals surface area contributed by atoms with Gasteiger partial charge >= 0.3 is 154 Å². The first kappa shape index (κ1) is 107. The molecule has 0 atom stereocenters. The zero-order valence-electron chi connectivity index (χ0n) is 79.6. The Morgan fingerprint density at radius 2 is 0.586 bits per heavy atom. The van der Waals surface area contributed by atoms with Gasteiger partial charge in [-0.25, -0.2) is 0 Å². The summed E-state index contributed by atoms with van der Waals surface area (Å²) in [5.41, 5.74) is 19.8. The van der Waals surface area contributed by atoms with Crippen LogP contribution in [0.15, 0.2) is 320 Å². The molecule has 3 fully saturated rings. The number of aromatic hydroxyl groups is 2. The van der Waals surface area contributed by atoms with Gasteiger partial charge in [0.25, 0.3) is 10.1 Å². The second-order valence-corrected chi connectivity index (χ2v) is 38.8. The third kappa shape index (κ3) is 23.1. The molecule has 19 rings (SSSR count). The minimum Gasteiger partial charge on any atom is -0.872 e. The van der Waals surface area contributed by atoms with E-state index in [0.717, 1.165) is 46.6 Å². The van der Waals surface area contributed by atoms with Crippen molar-refractivity contribution in [1.29, 1.82) is 0 Å². The van der Waals surface area contributed by atoms with Crippen molar-refractivity contribution < 1.29 is 231 Å².